The molecule has 6 nitrogen and oxygen atoms in total. The average molecular weight is 360 g/mol. The minimum absolute atomic E-state index is 0.145. The Kier molecular flexibility index (Phi) is 5.35. The zero-order valence-electron chi connectivity index (χ0n) is 13.7. The van der Waals surface area contributed by atoms with Gasteiger partial charge in [-0.05, 0) is 17.7 Å². The van der Waals surface area contributed by atoms with E-state index >= 15 is 0 Å². The third-order valence-electron chi connectivity index (χ3n) is 3.92. The lowest BCUT2D eigenvalue weighted by molar-refractivity contribution is 0.0303. The van der Waals surface area contributed by atoms with Gasteiger partial charge in [0.15, 0.2) is 0 Å². The average Bonchev–Trinajstić information content (AvgIpc) is 2.62. The largest absolute Gasteiger partial charge is 0.378 e. The van der Waals surface area contributed by atoms with Crippen molar-refractivity contribution in [1.82, 2.24) is 4.90 Å². The highest BCUT2D eigenvalue weighted by molar-refractivity contribution is 7.91. The van der Waals surface area contributed by atoms with E-state index in [4.69, 9.17) is 4.74 Å². The number of ether oxygens (including phenoxy) is 1. The molecule has 0 bridgehead atoms. The molecule has 3 rings (SSSR count). The molecule has 0 saturated carbocycles. The van der Waals surface area contributed by atoms with Crippen molar-refractivity contribution in [3.8, 4) is 0 Å². The summed E-state index contributed by atoms with van der Waals surface area (Å²) in [7, 11) is -3.62. The molecule has 0 atom stereocenters. The molecule has 1 N–H and O–H groups in total. The van der Waals surface area contributed by atoms with Gasteiger partial charge in [0.2, 0.25) is 10.0 Å². The van der Waals surface area contributed by atoms with Crippen LogP contribution >= 0.6 is 0 Å². The summed E-state index contributed by atoms with van der Waals surface area (Å²) < 4.78 is 32.7. The van der Waals surface area contributed by atoms with Crippen molar-refractivity contribution >= 4 is 21.6 Å². The fourth-order valence-electron chi connectivity index (χ4n) is 2.69. The van der Waals surface area contributed by atoms with Gasteiger partial charge in [-0.15, -0.1) is 0 Å². The number of sulfonamides is 1. The molecule has 1 heterocycles. The fourth-order valence-corrected chi connectivity index (χ4v) is 3.91. The summed E-state index contributed by atoms with van der Waals surface area (Å²) in [6.45, 7) is 2.00. The van der Waals surface area contributed by atoms with E-state index in [0.717, 1.165) is 0 Å². The van der Waals surface area contributed by atoms with Crippen LogP contribution in [-0.4, -0.2) is 45.5 Å². The Balaban J connectivity index is 1.79. The molecular weight excluding hydrogens is 340 g/mol. The number of morpholine rings is 1. The van der Waals surface area contributed by atoms with Crippen molar-refractivity contribution in [1.29, 1.82) is 0 Å². The molecule has 0 radical (unpaired) electrons. The Morgan fingerprint density at radius 1 is 1.00 bits per heavy atom. The van der Waals surface area contributed by atoms with E-state index in [0.29, 0.717) is 43.1 Å². The second-order valence-electron chi connectivity index (χ2n) is 5.80. The van der Waals surface area contributed by atoms with E-state index < -0.39 is 10.0 Å². The number of carbonyl (C=O) groups is 1. The number of benzene rings is 2. The number of hydrogen-bond acceptors (Lipinski definition) is 4. The molecule has 132 valence electrons. The minimum atomic E-state index is -3.62. The number of carbonyl (C=O) groups excluding carboxylic acids is 1. The Morgan fingerprint density at radius 3 is 2.36 bits per heavy atom. The molecule has 1 amide bonds. The first kappa shape index (κ1) is 17.4. The van der Waals surface area contributed by atoms with Crippen molar-refractivity contribution in [2.24, 2.45) is 0 Å². The molecule has 0 unspecified atom stereocenters. The monoisotopic (exact) mass is 360 g/mol. The van der Waals surface area contributed by atoms with Gasteiger partial charge in [-0.2, -0.15) is 0 Å². The highest BCUT2D eigenvalue weighted by Crippen LogP contribution is 2.20. The van der Waals surface area contributed by atoms with Crippen LogP contribution in [0.4, 0.5) is 5.69 Å². The number of rotatable bonds is 5. The number of para-hydroxylation sites is 1. The van der Waals surface area contributed by atoms with E-state index in [1.165, 1.54) is 0 Å². The molecule has 7 heteroatoms. The maximum Gasteiger partial charge on any atom is 0.256 e. The first-order valence-corrected chi connectivity index (χ1v) is 9.71. The zero-order valence-corrected chi connectivity index (χ0v) is 14.5. The molecule has 1 aliphatic rings. The van der Waals surface area contributed by atoms with Crippen molar-refractivity contribution in [3.63, 3.8) is 0 Å². The summed E-state index contributed by atoms with van der Waals surface area (Å²) in [6.07, 6.45) is 0. The molecule has 0 aliphatic carbocycles. The lowest BCUT2D eigenvalue weighted by Crippen LogP contribution is -2.41. The van der Waals surface area contributed by atoms with Crippen LogP contribution in [-0.2, 0) is 20.5 Å². The number of hydrogen-bond donors (Lipinski definition) is 1. The van der Waals surface area contributed by atoms with Crippen LogP contribution in [0.2, 0.25) is 0 Å². The third kappa shape index (κ3) is 4.58. The molecule has 25 heavy (non-hydrogen) atoms. The first-order chi connectivity index (χ1) is 12.1. The molecule has 1 aliphatic heterocycles. The van der Waals surface area contributed by atoms with Crippen molar-refractivity contribution in [2.45, 2.75) is 5.75 Å². The van der Waals surface area contributed by atoms with Gasteiger partial charge >= 0.3 is 0 Å². The van der Waals surface area contributed by atoms with Crippen molar-refractivity contribution in [3.05, 3.63) is 65.7 Å². The van der Waals surface area contributed by atoms with E-state index in [2.05, 4.69) is 4.72 Å². The lowest BCUT2D eigenvalue weighted by Gasteiger charge is -2.27. The fraction of sp³-hybridized carbons (Fsp3) is 0.278. The Hall–Kier alpha value is -2.38. The predicted molar refractivity (Wildman–Crippen MR) is 95.9 cm³/mol. The minimum Gasteiger partial charge on any atom is -0.378 e. The van der Waals surface area contributed by atoms with Gasteiger partial charge in [-0.1, -0.05) is 42.5 Å². The van der Waals surface area contributed by atoms with Crippen LogP contribution in [0, 0.1) is 0 Å². The predicted octanol–water partition coefficient (Wildman–Crippen LogP) is 2.10. The smallest absolute Gasteiger partial charge is 0.256 e. The first-order valence-electron chi connectivity index (χ1n) is 8.06. The summed E-state index contributed by atoms with van der Waals surface area (Å²) >= 11 is 0. The molecule has 2 aromatic carbocycles. The summed E-state index contributed by atoms with van der Waals surface area (Å²) in [5.41, 5.74) is 1.34. The number of nitrogens with one attached hydrogen (secondary N) is 1. The van der Waals surface area contributed by atoms with Crippen LogP contribution in [0.1, 0.15) is 15.9 Å². The van der Waals surface area contributed by atoms with Gasteiger partial charge in [0.1, 0.15) is 0 Å². The van der Waals surface area contributed by atoms with E-state index in [1.54, 1.807) is 53.4 Å². The SMILES string of the molecule is O=C(c1ccccc1NS(=O)(=O)Cc1ccccc1)N1CCOCC1. The van der Waals surface area contributed by atoms with E-state index in [-0.39, 0.29) is 11.7 Å². The molecule has 1 fully saturated rings. The Bertz CT molecular complexity index is 831. The van der Waals surface area contributed by atoms with Gasteiger partial charge < -0.3 is 9.64 Å². The highest BCUT2D eigenvalue weighted by atomic mass is 32.2. The second-order valence-corrected chi connectivity index (χ2v) is 7.52. The topological polar surface area (TPSA) is 75.7 Å². The Labute approximate surface area is 147 Å². The highest BCUT2D eigenvalue weighted by Gasteiger charge is 2.22. The maximum atomic E-state index is 12.7. The zero-order chi connectivity index (χ0) is 17.7. The van der Waals surface area contributed by atoms with Crippen molar-refractivity contribution < 1.29 is 17.9 Å². The molecule has 0 spiro atoms. The summed E-state index contributed by atoms with van der Waals surface area (Å²) in [5, 5.41) is 0. The van der Waals surface area contributed by atoms with Crippen LogP contribution in [0.25, 0.3) is 0 Å². The summed E-state index contributed by atoms with van der Waals surface area (Å²) in [6, 6.07) is 15.6. The quantitative estimate of drug-likeness (QED) is 0.886. The summed E-state index contributed by atoms with van der Waals surface area (Å²) in [4.78, 5) is 14.4. The number of amides is 1. The van der Waals surface area contributed by atoms with Crippen LogP contribution in [0.15, 0.2) is 54.6 Å². The maximum absolute atomic E-state index is 12.7. The third-order valence-corrected chi connectivity index (χ3v) is 5.17. The Morgan fingerprint density at radius 2 is 1.64 bits per heavy atom. The van der Waals surface area contributed by atoms with Crippen LogP contribution in [0.3, 0.4) is 0 Å². The van der Waals surface area contributed by atoms with Gasteiger partial charge in [0.25, 0.3) is 5.91 Å². The second kappa shape index (κ2) is 7.67. The van der Waals surface area contributed by atoms with Gasteiger partial charge in [0.05, 0.1) is 30.2 Å². The molecule has 2 aromatic rings. The normalized spacial score (nSPS) is 15.0. The van der Waals surface area contributed by atoms with Crippen LogP contribution in [0.5, 0.6) is 0 Å². The van der Waals surface area contributed by atoms with Crippen LogP contribution < -0.4 is 4.72 Å². The van der Waals surface area contributed by atoms with Gasteiger partial charge in [0, 0.05) is 13.1 Å². The van der Waals surface area contributed by atoms with E-state index in [1.807, 2.05) is 6.07 Å². The van der Waals surface area contributed by atoms with Gasteiger partial charge in [-0.3, -0.25) is 9.52 Å². The summed E-state index contributed by atoms with van der Waals surface area (Å²) in [5.74, 6) is -0.338. The van der Waals surface area contributed by atoms with E-state index in [9.17, 15) is 13.2 Å². The lowest BCUT2D eigenvalue weighted by atomic mass is 10.1. The number of nitrogens with zero attached hydrogens (tertiary/aromatic N) is 1. The standard InChI is InChI=1S/C18H20N2O4S/c21-18(20-10-12-24-13-11-20)16-8-4-5-9-17(16)19-25(22,23)14-15-6-2-1-3-7-15/h1-9,19H,10-14H2. The number of anilines is 1. The van der Waals surface area contributed by atoms with Crippen molar-refractivity contribution in [2.75, 3.05) is 31.0 Å². The molecule has 0 aromatic heterocycles. The van der Waals surface area contributed by atoms with Gasteiger partial charge in [-0.25, -0.2) is 8.42 Å². The molecule has 1 saturated heterocycles. The molecular formula is C18H20N2O4S.